The minimum Gasteiger partial charge on any atom is -0.349 e. The van der Waals surface area contributed by atoms with Crippen LogP contribution in [0, 0.1) is 5.92 Å². The molecular weight excluding hydrogens is 254 g/mol. The monoisotopic (exact) mass is 267 g/mol. The summed E-state index contributed by atoms with van der Waals surface area (Å²) in [6, 6.07) is 7.77. The van der Waals surface area contributed by atoms with Crippen LogP contribution < -0.4 is 5.32 Å². The fourth-order valence-corrected chi connectivity index (χ4v) is 2.03. The summed E-state index contributed by atoms with van der Waals surface area (Å²) in [6.07, 6.45) is 2.50. The topological polar surface area (TPSA) is 29.1 Å². The van der Waals surface area contributed by atoms with Crippen molar-refractivity contribution in [3.05, 3.63) is 34.3 Å². The normalized spacial score (nSPS) is 17.2. The minimum absolute atomic E-state index is 0.0238. The van der Waals surface area contributed by atoms with Crippen LogP contribution in [0.5, 0.6) is 0 Å². The van der Waals surface area contributed by atoms with Gasteiger partial charge in [0.05, 0.1) is 0 Å². The Balaban J connectivity index is 2.00. The number of rotatable bonds is 3. The van der Waals surface area contributed by atoms with Gasteiger partial charge >= 0.3 is 0 Å². The first-order valence-electron chi connectivity index (χ1n) is 5.23. The zero-order valence-corrected chi connectivity index (χ0v) is 10.3. The average Bonchev–Trinajstić information content (AvgIpc) is 3.00. The van der Waals surface area contributed by atoms with Crippen molar-refractivity contribution in [3.63, 3.8) is 0 Å². The third kappa shape index (κ3) is 2.81. The summed E-state index contributed by atoms with van der Waals surface area (Å²) in [4.78, 5) is 11.8. The van der Waals surface area contributed by atoms with E-state index in [4.69, 9.17) is 0 Å². The molecule has 1 fully saturated rings. The Hall–Kier alpha value is -0.830. The van der Waals surface area contributed by atoms with E-state index in [0.717, 1.165) is 10.0 Å². The number of carbonyl (C=O) groups excluding carboxylic acids is 1. The first-order chi connectivity index (χ1) is 7.16. The molecule has 2 rings (SSSR count). The van der Waals surface area contributed by atoms with Gasteiger partial charge in [0.1, 0.15) is 0 Å². The van der Waals surface area contributed by atoms with E-state index in [2.05, 4.69) is 28.2 Å². The molecule has 1 atom stereocenters. The van der Waals surface area contributed by atoms with Crippen molar-refractivity contribution in [2.45, 2.75) is 25.8 Å². The molecule has 0 aliphatic heterocycles. The zero-order valence-electron chi connectivity index (χ0n) is 8.66. The molecule has 2 nitrogen and oxygen atoms in total. The van der Waals surface area contributed by atoms with Gasteiger partial charge in [-0.25, -0.2) is 0 Å². The highest BCUT2D eigenvalue weighted by molar-refractivity contribution is 9.10. The van der Waals surface area contributed by atoms with Gasteiger partial charge in [0.25, 0.3) is 5.91 Å². The van der Waals surface area contributed by atoms with Gasteiger partial charge in [-0.05, 0) is 43.9 Å². The van der Waals surface area contributed by atoms with Crippen molar-refractivity contribution in [2.75, 3.05) is 0 Å². The quantitative estimate of drug-likeness (QED) is 0.897. The lowest BCUT2D eigenvalue weighted by Gasteiger charge is -2.12. The molecule has 1 N–H and O–H groups in total. The van der Waals surface area contributed by atoms with Gasteiger partial charge in [-0.1, -0.05) is 22.0 Å². The van der Waals surface area contributed by atoms with Gasteiger partial charge in [-0.3, -0.25) is 4.79 Å². The molecule has 0 spiro atoms. The number of halogens is 1. The van der Waals surface area contributed by atoms with E-state index >= 15 is 0 Å². The Labute approximate surface area is 98.2 Å². The summed E-state index contributed by atoms with van der Waals surface area (Å²) in [7, 11) is 0. The van der Waals surface area contributed by atoms with Gasteiger partial charge in [-0.15, -0.1) is 0 Å². The van der Waals surface area contributed by atoms with Crippen molar-refractivity contribution >= 4 is 21.8 Å². The van der Waals surface area contributed by atoms with Crippen molar-refractivity contribution in [1.29, 1.82) is 0 Å². The van der Waals surface area contributed by atoms with Crippen LogP contribution in [0.25, 0.3) is 0 Å². The maximum Gasteiger partial charge on any atom is 0.251 e. The van der Waals surface area contributed by atoms with E-state index in [-0.39, 0.29) is 5.91 Å². The Morgan fingerprint density at radius 1 is 1.53 bits per heavy atom. The zero-order chi connectivity index (χ0) is 10.8. The molecular formula is C12H14BrNO. The first kappa shape index (κ1) is 10.7. The fourth-order valence-electron chi connectivity index (χ4n) is 1.63. The van der Waals surface area contributed by atoms with Gasteiger partial charge in [0.2, 0.25) is 0 Å². The SMILES string of the molecule is C[C@H](NC(=O)c1cccc(Br)c1)C1CC1. The molecule has 1 saturated carbocycles. The molecule has 3 heteroatoms. The van der Waals surface area contributed by atoms with E-state index in [0.29, 0.717) is 12.0 Å². The second-order valence-electron chi connectivity index (χ2n) is 4.11. The van der Waals surface area contributed by atoms with Crippen molar-refractivity contribution in [2.24, 2.45) is 5.92 Å². The Morgan fingerprint density at radius 2 is 2.27 bits per heavy atom. The van der Waals surface area contributed by atoms with Crippen LogP contribution in [0.2, 0.25) is 0 Å². The number of amides is 1. The highest BCUT2D eigenvalue weighted by atomic mass is 79.9. The maximum absolute atomic E-state index is 11.8. The third-order valence-electron chi connectivity index (χ3n) is 2.77. The largest absolute Gasteiger partial charge is 0.349 e. The summed E-state index contributed by atoms with van der Waals surface area (Å²) >= 11 is 3.36. The fraction of sp³-hybridized carbons (Fsp3) is 0.417. The number of benzene rings is 1. The molecule has 1 aliphatic rings. The van der Waals surface area contributed by atoms with Crippen LogP contribution in [0.3, 0.4) is 0 Å². The Morgan fingerprint density at radius 3 is 2.87 bits per heavy atom. The molecule has 0 bridgehead atoms. The Bertz CT molecular complexity index is 374. The van der Waals surface area contributed by atoms with Gasteiger partial charge in [0.15, 0.2) is 0 Å². The summed E-state index contributed by atoms with van der Waals surface area (Å²) < 4.78 is 0.939. The lowest BCUT2D eigenvalue weighted by molar-refractivity contribution is 0.0936. The highest BCUT2D eigenvalue weighted by Gasteiger charge is 2.28. The summed E-state index contributed by atoms with van der Waals surface area (Å²) in [6.45, 7) is 2.08. The second kappa shape index (κ2) is 4.35. The number of hydrogen-bond acceptors (Lipinski definition) is 1. The number of hydrogen-bond donors (Lipinski definition) is 1. The maximum atomic E-state index is 11.8. The highest BCUT2D eigenvalue weighted by Crippen LogP contribution is 2.32. The minimum atomic E-state index is 0.0238. The van der Waals surface area contributed by atoms with Gasteiger partial charge < -0.3 is 5.32 Å². The van der Waals surface area contributed by atoms with Gasteiger partial charge in [-0.2, -0.15) is 0 Å². The van der Waals surface area contributed by atoms with Crippen molar-refractivity contribution in [1.82, 2.24) is 5.32 Å². The summed E-state index contributed by atoms with van der Waals surface area (Å²) in [5.41, 5.74) is 0.719. The van der Waals surface area contributed by atoms with Crippen LogP contribution >= 0.6 is 15.9 Å². The van der Waals surface area contributed by atoms with Crippen LogP contribution in [-0.2, 0) is 0 Å². The predicted molar refractivity (Wildman–Crippen MR) is 63.8 cm³/mol. The number of carbonyl (C=O) groups is 1. The lowest BCUT2D eigenvalue weighted by Crippen LogP contribution is -2.33. The molecule has 15 heavy (non-hydrogen) atoms. The van der Waals surface area contributed by atoms with Crippen LogP contribution in [-0.4, -0.2) is 11.9 Å². The van der Waals surface area contributed by atoms with Crippen molar-refractivity contribution in [3.8, 4) is 0 Å². The van der Waals surface area contributed by atoms with E-state index in [1.54, 1.807) is 0 Å². The lowest BCUT2D eigenvalue weighted by atomic mass is 10.1. The van der Waals surface area contributed by atoms with Crippen LogP contribution in [0.15, 0.2) is 28.7 Å². The predicted octanol–water partition coefficient (Wildman–Crippen LogP) is 2.98. The smallest absolute Gasteiger partial charge is 0.251 e. The van der Waals surface area contributed by atoms with E-state index in [1.807, 2.05) is 24.3 Å². The molecule has 0 radical (unpaired) electrons. The molecule has 80 valence electrons. The molecule has 0 unspecified atom stereocenters. The number of nitrogens with one attached hydrogen (secondary N) is 1. The van der Waals surface area contributed by atoms with E-state index in [9.17, 15) is 4.79 Å². The van der Waals surface area contributed by atoms with Crippen molar-refractivity contribution < 1.29 is 4.79 Å². The molecule has 0 heterocycles. The molecule has 0 saturated heterocycles. The standard InChI is InChI=1S/C12H14BrNO/c1-8(9-5-6-9)14-12(15)10-3-2-4-11(13)7-10/h2-4,7-9H,5-6H2,1H3,(H,14,15)/t8-/m0/s1. The molecule has 1 aromatic carbocycles. The second-order valence-corrected chi connectivity index (χ2v) is 5.03. The molecule has 1 aromatic rings. The van der Waals surface area contributed by atoms with Crippen LogP contribution in [0.4, 0.5) is 0 Å². The molecule has 0 aromatic heterocycles. The summed E-state index contributed by atoms with van der Waals surface area (Å²) in [5, 5.41) is 3.03. The Kier molecular flexibility index (Phi) is 3.10. The molecule has 1 aliphatic carbocycles. The molecule has 1 amide bonds. The van der Waals surface area contributed by atoms with E-state index in [1.165, 1.54) is 12.8 Å². The van der Waals surface area contributed by atoms with Gasteiger partial charge in [0, 0.05) is 16.1 Å². The third-order valence-corrected chi connectivity index (χ3v) is 3.27. The average molecular weight is 268 g/mol. The first-order valence-corrected chi connectivity index (χ1v) is 6.02. The van der Waals surface area contributed by atoms with E-state index < -0.39 is 0 Å². The van der Waals surface area contributed by atoms with Crippen LogP contribution in [0.1, 0.15) is 30.1 Å². The summed E-state index contributed by atoms with van der Waals surface area (Å²) in [5.74, 6) is 0.719.